The fourth-order valence-electron chi connectivity index (χ4n) is 1.70. The highest BCUT2D eigenvalue weighted by Crippen LogP contribution is 2.20. The Bertz CT molecular complexity index is 392. The Morgan fingerprint density at radius 2 is 1.95 bits per heavy atom. The van der Waals surface area contributed by atoms with Crippen molar-refractivity contribution in [1.82, 2.24) is 0 Å². The van der Waals surface area contributed by atoms with E-state index in [2.05, 4.69) is 0 Å². The molecule has 1 aromatic rings. The molecule has 1 atom stereocenters. The van der Waals surface area contributed by atoms with Crippen LogP contribution in [0, 0.1) is 0 Å². The lowest BCUT2D eigenvalue weighted by Crippen LogP contribution is -2.40. The van der Waals surface area contributed by atoms with Crippen LogP contribution in [0.3, 0.4) is 0 Å². The Labute approximate surface area is 114 Å². The largest absolute Gasteiger partial charge is 0.497 e. The van der Waals surface area contributed by atoms with Crippen LogP contribution in [-0.4, -0.2) is 39.3 Å². The third-order valence-electron chi connectivity index (χ3n) is 2.94. The van der Waals surface area contributed by atoms with Gasteiger partial charge in [-0.15, -0.1) is 0 Å². The summed E-state index contributed by atoms with van der Waals surface area (Å²) in [7, 11) is 3.14. The first-order chi connectivity index (χ1) is 9.13. The number of amides is 1. The van der Waals surface area contributed by atoms with Gasteiger partial charge in [-0.05, 0) is 44.2 Å². The first-order valence-corrected chi connectivity index (χ1v) is 6.32. The Kier molecular flexibility index (Phi) is 6.32. The highest BCUT2D eigenvalue weighted by Gasteiger charge is 2.21. The molecule has 1 rings (SSSR count). The van der Waals surface area contributed by atoms with Crippen LogP contribution in [0.1, 0.15) is 13.3 Å². The highest BCUT2D eigenvalue weighted by atomic mass is 16.5. The number of nitrogens with two attached hydrogens (primary N) is 1. The van der Waals surface area contributed by atoms with Crippen molar-refractivity contribution in [2.75, 3.05) is 32.2 Å². The second-order valence-electron chi connectivity index (χ2n) is 4.21. The van der Waals surface area contributed by atoms with E-state index in [1.54, 1.807) is 18.9 Å². The molecule has 5 heteroatoms. The summed E-state index contributed by atoms with van der Waals surface area (Å²) in [5.41, 5.74) is 6.34. The molecule has 5 nitrogen and oxygen atoms in total. The number of carbonyl (C=O) groups excluding carboxylic acids is 1. The molecule has 0 radical (unpaired) electrons. The molecular formula is C14H22N2O3. The molecule has 1 aromatic carbocycles. The molecule has 0 saturated carbocycles. The van der Waals surface area contributed by atoms with Gasteiger partial charge in [0, 0.05) is 19.3 Å². The number of benzene rings is 1. The van der Waals surface area contributed by atoms with E-state index in [1.807, 2.05) is 24.3 Å². The molecule has 0 saturated heterocycles. The molecule has 1 unspecified atom stereocenters. The minimum Gasteiger partial charge on any atom is -0.497 e. The van der Waals surface area contributed by atoms with Gasteiger partial charge in [-0.1, -0.05) is 0 Å². The number of anilines is 1. The van der Waals surface area contributed by atoms with Crippen LogP contribution >= 0.6 is 0 Å². The van der Waals surface area contributed by atoms with Crippen molar-refractivity contribution in [3.8, 4) is 5.75 Å². The quantitative estimate of drug-likeness (QED) is 0.810. The predicted molar refractivity (Wildman–Crippen MR) is 75.5 cm³/mol. The lowest BCUT2D eigenvalue weighted by molar-refractivity contribution is -0.127. The highest BCUT2D eigenvalue weighted by molar-refractivity contribution is 5.96. The second kappa shape index (κ2) is 7.76. The number of hydrogen-bond acceptors (Lipinski definition) is 4. The van der Waals surface area contributed by atoms with Gasteiger partial charge in [0.1, 0.15) is 11.9 Å². The lowest BCUT2D eigenvalue weighted by atomic mass is 10.2. The van der Waals surface area contributed by atoms with Crippen LogP contribution in [-0.2, 0) is 9.53 Å². The van der Waals surface area contributed by atoms with E-state index in [0.717, 1.165) is 17.9 Å². The number of ether oxygens (including phenoxy) is 2. The molecule has 0 aliphatic rings. The summed E-state index contributed by atoms with van der Waals surface area (Å²) in [4.78, 5) is 14.0. The van der Waals surface area contributed by atoms with Gasteiger partial charge in [-0.3, -0.25) is 4.79 Å². The number of hydrogen-bond donors (Lipinski definition) is 1. The zero-order chi connectivity index (χ0) is 14.3. The maximum absolute atomic E-state index is 12.3. The Morgan fingerprint density at radius 3 is 2.42 bits per heavy atom. The summed E-state index contributed by atoms with van der Waals surface area (Å²) < 4.78 is 10.2. The standard InChI is InChI=1S/C14H22N2O3/c1-11(18-2)14(17)16(10-4-9-15)12-5-7-13(19-3)8-6-12/h5-8,11H,4,9-10,15H2,1-3H3. The fourth-order valence-corrected chi connectivity index (χ4v) is 1.70. The third kappa shape index (κ3) is 4.22. The minimum atomic E-state index is -0.472. The number of nitrogens with zero attached hydrogens (tertiary/aromatic N) is 1. The van der Waals surface area contributed by atoms with Crippen molar-refractivity contribution in [2.24, 2.45) is 5.73 Å². The normalized spacial score (nSPS) is 12.0. The second-order valence-corrected chi connectivity index (χ2v) is 4.21. The topological polar surface area (TPSA) is 64.8 Å². The van der Waals surface area contributed by atoms with Crippen molar-refractivity contribution in [3.05, 3.63) is 24.3 Å². The van der Waals surface area contributed by atoms with E-state index < -0.39 is 6.10 Å². The van der Waals surface area contributed by atoms with Gasteiger partial charge in [0.15, 0.2) is 0 Å². The third-order valence-corrected chi connectivity index (χ3v) is 2.94. The molecule has 0 aromatic heterocycles. The lowest BCUT2D eigenvalue weighted by Gasteiger charge is -2.25. The summed E-state index contributed by atoms with van der Waals surface area (Å²) in [6.07, 6.45) is 0.272. The van der Waals surface area contributed by atoms with Crippen molar-refractivity contribution in [3.63, 3.8) is 0 Å². The van der Waals surface area contributed by atoms with E-state index in [0.29, 0.717) is 13.1 Å². The SMILES string of the molecule is COc1ccc(N(CCCN)C(=O)C(C)OC)cc1. The van der Waals surface area contributed by atoms with Gasteiger partial charge < -0.3 is 20.1 Å². The van der Waals surface area contributed by atoms with Crippen molar-refractivity contribution in [2.45, 2.75) is 19.4 Å². The summed E-state index contributed by atoms with van der Waals surface area (Å²) in [5, 5.41) is 0. The Balaban J connectivity index is 2.91. The van der Waals surface area contributed by atoms with Crippen molar-refractivity contribution < 1.29 is 14.3 Å². The van der Waals surface area contributed by atoms with Gasteiger partial charge in [-0.2, -0.15) is 0 Å². The van der Waals surface area contributed by atoms with Crippen molar-refractivity contribution >= 4 is 11.6 Å². The van der Waals surface area contributed by atoms with E-state index in [9.17, 15) is 4.79 Å². The number of rotatable bonds is 7. The summed E-state index contributed by atoms with van der Waals surface area (Å²) in [6.45, 7) is 2.86. The Hall–Kier alpha value is -1.59. The van der Waals surface area contributed by atoms with Crippen LogP contribution in [0.2, 0.25) is 0 Å². The van der Waals surface area contributed by atoms with Crippen LogP contribution in [0.25, 0.3) is 0 Å². The van der Waals surface area contributed by atoms with Crippen LogP contribution < -0.4 is 15.4 Å². The number of carbonyl (C=O) groups is 1. The predicted octanol–water partition coefficient (Wildman–Crippen LogP) is 1.41. The number of methoxy groups -OCH3 is 2. The minimum absolute atomic E-state index is 0.0684. The zero-order valence-electron chi connectivity index (χ0n) is 11.8. The molecule has 0 aliphatic heterocycles. The molecule has 0 heterocycles. The molecule has 0 spiro atoms. The molecule has 0 aliphatic carbocycles. The summed E-state index contributed by atoms with van der Waals surface area (Å²) >= 11 is 0. The molecule has 106 valence electrons. The maximum Gasteiger partial charge on any atom is 0.255 e. The first kappa shape index (κ1) is 15.5. The molecule has 1 amide bonds. The van der Waals surface area contributed by atoms with Crippen LogP contribution in [0.15, 0.2) is 24.3 Å². The zero-order valence-corrected chi connectivity index (χ0v) is 11.8. The van der Waals surface area contributed by atoms with Gasteiger partial charge in [0.05, 0.1) is 7.11 Å². The average Bonchev–Trinajstić information content (AvgIpc) is 2.47. The van der Waals surface area contributed by atoms with E-state index in [4.69, 9.17) is 15.2 Å². The first-order valence-electron chi connectivity index (χ1n) is 6.32. The molecule has 0 fully saturated rings. The fraction of sp³-hybridized carbons (Fsp3) is 0.500. The van der Waals surface area contributed by atoms with E-state index >= 15 is 0 Å². The molecular weight excluding hydrogens is 244 g/mol. The van der Waals surface area contributed by atoms with Gasteiger partial charge in [-0.25, -0.2) is 0 Å². The molecule has 19 heavy (non-hydrogen) atoms. The van der Waals surface area contributed by atoms with Crippen LogP contribution in [0.4, 0.5) is 5.69 Å². The van der Waals surface area contributed by atoms with Crippen LogP contribution in [0.5, 0.6) is 5.75 Å². The van der Waals surface area contributed by atoms with Gasteiger partial charge in [0.2, 0.25) is 0 Å². The van der Waals surface area contributed by atoms with Gasteiger partial charge >= 0.3 is 0 Å². The maximum atomic E-state index is 12.3. The van der Waals surface area contributed by atoms with Crippen molar-refractivity contribution in [1.29, 1.82) is 0 Å². The Morgan fingerprint density at radius 1 is 1.32 bits per heavy atom. The average molecular weight is 266 g/mol. The van der Waals surface area contributed by atoms with Gasteiger partial charge in [0.25, 0.3) is 5.91 Å². The molecule has 2 N–H and O–H groups in total. The van der Waals surface area contributed by atoms with E-state index in [1.165, 1.54) is 7.11 Å². The summed E-state index contributed by atoms with van der Waals surface area (Å²) in [6, 6.07) is 7.37. The molecule has 0 bridgehead atoms. The van der Waals surface area contributed by atoms with E-state index in [-0.39, 0.29) is 5.91 Å². The smallest absolute Gasteiger partial charge is 0.255 e. The summed E-state index contributed by atoms with van der Waals surface area (Å²) in [5.74, 6) is 0.691. The monoisotopic (exact) mass is 266 g/mol.